The number of benzene rings is 1. The van der Waals surface area contributed by atoms with Gasteiger partial charge in [0.15, 0.2) is 0 Å². The third-order valence-electron chi connectivity index (χ3n) is 3.11. The van der Waals surface area contributed by atoms with Gasteiger partial charge in [0.1, 0.15) is 18.6 Å². The lowest BCUT2D eigenvalue weighted by atomic mass is 10.1. The van der Waals surface area contributed by atoms with Gasteiger partial charge in [-0.15, -0.1) is 0 Å². The molecule has 0 atom stereocenters. The summed E-state index contributed by atoms with van der Waals surface area (Å²) in [7, 11) is 1.86. The van der Waals surface area contributed by atoms with Gasteiger partial charge in [0.05, 0.1) is 12.7 Å². The quantitative estimate of drug-likeness (QED) is 0.642. The van der Waals surface area contributed by atoms with Crippen molar-refractivity contribution in [1.29, 1.82) is 0 Å². The maximum absolute atomic E-state index is 12.0. The monoisotopic (exact) mass is 240 g/mol. The number of fused-ring (bicyclic) bond motifs is 1. The molecular weight excluding hydrogens is 226 g/mol. The highest BCUT2D eigenvalue weighted by molar-refractivity contribution is 5.58. The van der Waals surface area contributed by atoms with E-state index in [0.717, 1.165) is 11.3 Å². The second kappa shape index (κ2) is 3.84. The number of aromatic amines is 1. The van der Waals surface area contributed by atoms with Gasteiger partial charge in [0, 0.05) is 5.56 Å². The number of aryl methyl sites for hydroxylation is 2. The fourth-order valence-electron chi connectivity index (χ4n) is 2.11. The Morgan fingerprint density at radius 3 is 2.67 bits per heavy atom. The van der Waals surface area contributed by atoms with Crippen LogP contribution in [0.15, 0.2) is 47.7 Å². The molecule has 3 rings (SSSR count). The van der Waals surface area contributed by atoms with Gasteiger partial charge in [0.2, 0.25) is 0 Å². The number of hydrogen-bond donors (Lipinski definition) is 1. The fraction of sp³-hybridized carbons (Fsp3) is 0.143. The highest BCUT2D eigenvalue weighted by atomic mass is 16.1. The van der Waals surface area contributed by atoms with Crippen LogP contribution in [0.25, 0.3) is 16.9 Å². The highest BCUT2D eigenvalue weighted by Crippen LogP contribution is 2.14. The molecule has 0 saturated carbocycles. The average molecular weight is 240 g/mol. The Balaban J connectivity index is 2.25. The van der Waals surface area contributed by atoms with E-state index in [1.165, 1.54) is 5.56 Å². The normalized spacial score (nSPS) is 11.0. The summed E-state index contributed by atoms with van der Waals surface area (Å²) in [6.45, 7) is 2.04. The molecule has 0 aliphatic carbocycles. The Morgan fingerprint density at radius 2 is 1.94 bits per heavy atom. The minimum atomic E-state index is -0.0828. The lowest BCUT2D eigenvalue weighted by Gasteiger charge is -2.00. The van der Waals surface area contributed by atoms with Gasteiger partial charge in [-0.25, -0.2) is 4.57 Å². The van der Waals surface area contributed by atoms with Crippen molar-refractivity contribution in [3.05, 3.63) is 58.8 Å². The van der Waals surface area contributed by atoms with Gasteiger partial charge in [-0.05, 0) is 6.92 Å². The molecule has 0 aliphatic heterocycles. The number of imidazole rings is 1. The van der Waals surface area contributed by atoms with Gasteiger partial charge >= 0.3 is 11.2 Å². The standard InChI is InChI=1S/C14H13N3O/c1-10-3-5-11(6-4-10)12-9-17-8-7-16(2)14(17)13(18)15-12/h3-9H,1-2H3/p+1. The molecule has 0 radical (unpaired) electrons. The van der Waals surface area contributed by atoms with Crippen LogP contribution in [-0.4, -0.2) is 9.55 Å². The Hall–Kier alpha value is -2.36. The molecule has 0 fully saturated rings. The summed E-state index contributed by atoms with van der Waals surface area (Å²) in [6, 6.07) is 8.09. The minimum absolute atomic E-state index is 0.0828. The zero-order valence-electron chi connectivity index (χ0n) is 10.3. The van der Waals surface area contributed by atoms with Crippen LogP contribution in [0.1, 0.15) is 5.56 Å². The number of hydrogen-bond acceptors (Lipinski definition) is 1. The first-order valence-electron chi connectivity index (χ1n) is 5.82. The smallest absolute Gasteiger partial charge is 0.312 e. The van der Waals surface area contributed by atoms with Gasteiger partial charge in [-0.2, -0.15) is 4.40 Å². The van der Waals surface area contributed by atoms with E-state index in [1.54, 1.807) is 4.57 Å². The molecule has 0 bridgehead atoms. The van der Waals surface area contributed by atoms with Gasteiger partial charge in [0.25, 0.3) is 0 Å². The van der Waals surface area contributed by atoms with Crippen molar-refractivity contribution in [3.63, 3.8) is 0 Å². The molecule has 3 aromatic rings. The predicted molar refractivity (Wildman–Crippen MR) is 69.4 cm³/mol. The summed E-state index contributed by atoms with van der Waals surface area (Å²) < 4.78 is 3.64. The Kier molecular flexibility index (Phi) is 2.30. The Morgan fingerprint density at radius 1 is 1.22 bits per heavy atom. The molecule has 0 amide bonds. The van der Waals surface area contributed by atoms with E-state index < -0.39 is 0 Å². The third kappa shape index (κ3) is 1.62. The molecule has 0 spiro atoms. The lowest BCUT2D eigenvalue weighted by Crippen LogP contribution is -2.29. The van der Waals surface area contributed by atoms with E-state index >= 15 is 0 Å². The molecule has 1 aromatic carbocycles. The summed E-state index contributed by atoms with van der Waals surface area (Å²) >= 11 is 0. The first-order valence-corrected chi connectivity index (χ1v) is 5.82. The molecule has 0 aliphatic rings. The van der Waals surface area contributed by atoms with E-state index in [4.69, 9.17) is 0 Å². The highest BCUT2D eigenvalue weighted by Gasteiger charge is 2.13. The number of rotatable bonds is 1. The molecule has 0 unspecified atom stereocenters. The zero-order valence-corrected chi connectivity index (χ0v) is 10.3. The largest absolute Gasteiger partial charge is 0.352 e. The topological polar surface area (TPSA) is 41.9 Å². The lowest BCUT2D eigenvalue weighted by molar-refractivity contribution is -0.511. The minimum Gasteiger partial charge on any atom is -0.312 e. The summed E-state index contributed by atoms with van der Waals surface area (Å²) in [5.74, 6) is 0. The molecule has 4 heteroatoms. The second-order valence-electron chi connectivity index (χ2n) is 4.50. The van der Waals surface area contributed by atoms with Crippen LogP contribution >= 0.6 is 0 Å². The van der Waals surface area contributed by atoms with Gasteiger partial charge in [-0.3, -0.25) is 4.79 Å². The summed E-state index contributed by atoms with van der Waals surface area (Å²) in [5, 5.41) is 0. The van der Waals surface area contributed by atoms with Crippen LogP contribution in [0.5, 0.6) is 0 Å². The Bertz CT molecular complexity index is 766. The third-order valence-corrected chi connectivity index (χ3v) is 3.11. The van der Waals surface area contributed by atoms with E-state index in [9.17, 15) is 4.79 Å². The van der Waals surface area contributed by atoms with E-state index in [-0.39, 0.29) is 5.56 Å². The Labute approximate surface area is 104 Å². The number of nitrogens with zero attached hydrogens (tertiary/aromatic N) is 2. The number of aromatic nitrogens is 3. The van der Waals surface area contributed by atoms with Crippen molar-refractivity contribution in [3.8, 4) is 11.3 Å². The van der Waals surface area contributed by atoms with Crippen LogP contribution in [0.2, 0.25) is 0 Å². The van der Waals surface area contributed by atoms with Crippen LogP contribution in [0.4, 0.5) is 0 Å². The number of nitrogens with one attached hydrogen (secondary N) is 1. The van der Waals surface area contributed by atoms with Crippen molar-refractivity contribution in [2.24, 2.45) is 7.05 Å². The van der Waals surface area contributed by atoms with Crippen molar-refractivity contribution < 1.29 is 4.40 Å². The first-order chi connectivity index (χ1) is 8.65. The predicted octanol–water partition coefficient (Wildman–Crippen LogP) is 1.43. The van der Waals surface area contributed by atoms with Gasteiger partial charge < -0.3 is 4.98 Å². The van der Waals surface area contributed by atoms with Crippen LogP contribution in [0, 0.1) is 6.92 Å². The molecule has 90 valence electrons. The van der Waals surface area contributed by atoms with E-state index in [0.29, 0.717) is 5.65 Å². The second-order valence-corrected chi connectivity index (χ2v) is 4.50. The number of H-pyrrole nitrogens is 1. The first kappa shape index (κ1) is 10.8. The maximum Gasteiger partial charge on any atom is 0.352 e. The SMILES string of the molecule is Cc1ccc(-c2c[n+]3ccn(C)c3c(=O)[nH]2)cc1. The molecule has 4 nitrogen and oxygen atoms in total. The van der Waals surface area contributed by atoms with Gasteiger partial charge in [-0.1, -0.05) is 29.8 Å². The summed E-state index contributed by atoms with van der Waals surface area (Å²) in [5.41, 5.74) is 3.58. The molecular formula is C14H14N3O+. The van der Waals surface area contributed by atoms with Crippen molar-refractivity contribution in [2.75, 3.05) is 0 Å². The average Bonchev–Trinajstić information content (AvgIpc) is 2.72. The van der Waals surface area contributed by atoms with E-state index in [2.05, 4.69) is 4.98 Å². The van der Waals surface area contributed by atoms with Crippen LogP contribution in [0.3, 0.4) is 0 Å². The molecule has 18 heavy (non-hydrogen) atoms. The molecule has 2 aromatic heterocycles. The fourth-order valence-corrected chi connectivity index (χ4v) is 2.11. The van der Waals surface area contributed by atoms with Crippen molar-refractivity contribution in [2.45, 2.75) is 6.92 Å². The summed E-state index contributed by atoms with van der Waals surface area (Å²) in [6.07, 6.45) is 5.67. The zero-order chi connectivity index (χ0) is 12.7. The van der Waals surface area contributed by atoms with Crippen LogP contribution < -0.4 is 9.96 Å². The van der Waals surface area contributed by atoms with Crippen molar-refractivity contribution in [1.82, 2.24) is 9.55 Å². The van der Waals surface area contributed by atoms with Crippen LogP contribution in [-0.2, 0) is 7.05 Å². The molecule has 2 heterocycles. The van der Waals surface area contributed by atoms with Crippen molar-refractivity contribution >= 4 is 5.65 Å². The maximum atomic E-state index is 12.0. The van der Waals surface area contributed by atoms with E-state index in [1.807, 2.05) is 61.2 Å². The molecule has 1 N–H and O–H groups in total. The summed E-state index contributed by atoms with van der Waals surface area (Å²) in [4.78, 5) is 14.9. The molecule has 0 saturated heterocycles.